The van der Waals surface area contributed by atoms with Crippen molar-refractivity contribution in [1.82, 2.24) is 0 Å². The van der Waals surface area contributed by atoms with Crippen LogP contribution in [0.5, 0.6) is 0 Å². The van der Waals surface area contributed by atoms with Crippen LogP contribution in [-0.4, -0.2) is 87.1 Å². The van der Waals surface area contributed by atoms with E-state index in [-0.39, 0.29) is 46.3 Å². The number of aliphatic hydroxyl groups is 4. The van der Waals surface area contributed by atoms with Gasteiger partial charge in [0.15, 0.2) is 6.29 Å². The number of carboxylic acids is 1. The fraction of sp³-hybridized carbons (Fsp3) is 0.861. The van der Waals surface area contributed by atoms with Crippen molar-refractivity contribution in [2.24, 2.45) is 39.9 Å². The number of rotatable bonds is 12. The van der Waals surface area contributed by atoms with E-state index in [0.29, 0.717) is 19.3 Å². The van der Waals surface area contributed by atoms with Crippen LogP contribution in [0.3, 0.4) is 0 Å². The molecular formula is C36H60O9. The van der Waals surface area contributed by atoms with Crippen molar-refractivity contribution in [1.29, 1.82) is 0 Å². The average molecular weight is 637 g/mol. The first-order valence-electron chi connectivity index (χ1n) is 16.9. The molecule has 9 unspecified atom stereocenters. The Labute approximate surface area is 270 Å². The highest BCUT2D eigenvalue weighted by atomic mass is 16.7. The van der Waals surface area contributed by atoms with E-state index in [4.69, 9.17) is 14.2 Å². The molecule has 0 aromatic heterocycles. The molecule has 3 aliphatic carbocycles. The van der Waals surface area contributed by atoms with Gasteiger partial charge in [-0.1, -0.05) is 45.1 Å². The number of carbonyl (C=O) groups is 1. The fourth-order valence-corrected chi connectivity index (χ4v) is 10.5. The molecule has 13 atom stereocenters. The summed E-state index contributed by atoms with van der Waals surface area (Å²) in [5.74, 6) is -0.711. The third kappa shape index (κ3) is 6.32. The highest BCUT2D eigenvalue weighted by molar-refractivity contribution is 5.66. The third-order valence-electron chi connectivity index (χ3n) is 13.4. The minimum atomic E-state index is -1.32. The Hall–Kier alpha value is -1.33. The van der Waals surface area contributed by atoms with Gasteiger partial charge in [-0.25, -0.2) is 0 Å². The molecule has 258 valence electrons. The van der Waals surface area contributed by atoms with Crippen LogP contribution in [-0.2, 0) is 19.0 Å². The molecule has 1 saturated heterocycles. The predicted octanol–water partition coefficient (Wildman–Crippen LogP) is 4.85. The van der Waals surface area contributed by atoms with Gasteiger partial charge in [0.2, 0.25) is 0 Å². The first-order chi connectivity index (χ1) is 20.8. The Kier molecular flexibility index (Phi) is 10.5. The lowest BCUT2D eigenvalue weighted by molar-refractivity contribution is -0.258. The lowest BCUT2D eigenvalue weighted by Gasteiger charge is -2.67. The maximum atomic E-state index is 12.2. The average Bonchev–Trinajstić information content (AvgIpc) is 3.47. The summed E-state index contributed by atoms with van der Waals surface area (Å²) in [6, 6.07) is 0. The van der Waals surface area contributed by atoms with Crippen molar-refractivity contribution in [3.63, 3.8) is 0 Å². The Bertz CT molecular complexity index is 1120. The zero-order chi connectivity index (χ0) is 33.8. The summed E-state index contributed by atoms with van der Waals surface area (Å²) in [7, 11) is 1.66. The van der Waals surface area contributed by atoms with Crippen LogP contribution < -0.4 is 0 Å². The van der Waals surface area contributed by atoms with E-state index in [1.54, 1.807) is 7.11 Å². The molecule has 4 rings (SSSR count). The predicted molar refractivity (Wildman–Crippen MR) is 171 cm³/mol. The smallest absolute Gasteiger partial charge is 0.303 e. The number of hydrogen-bond donors (Lipinski definition) is 5. The zero-order valence-corrected chi connectivity index (χ0v) is 28.8. The summed E-state index contributed by atoms with van der Waals surface area (Å²) in [6.45, 7) is 18.8. The summed E-state index contributed by atoms with van der Waals surface area (Å²) in [5.41, 5.74) is -1.02. The molecule has 0 aromatic rings. The van der Waals surface area contributed by atoms with E-state index in [0.717, 1.165) is 31.3 Å². The molecule has 45 heavy (non-hydrogen) atoms. The maximum Gasteiger partial charge on any atom is 0.303 e. The lowest BCUT2D eigenvalue weighted by Crippen LogP contribution is -2.64. The van der Waals surface area contributed by atoms with Gasteiger partial charge in [0, 0.05) is 13.5 Å². The van der Waals surface area contributed by atoms with E-state index < -0.39 is 54.5 Å². The second-order valence-corrected chi connectivity index (χ2v) is 16.2. The molecule has 4 aliphatic rings. The standard InChI is InChI=1S/C36H60O9/c1-21(2)22-11-17-34(6)26(33(22,5)16-13-27(39)40)19-24(38)28-23(12-18-35(28,34)7)36(8,15-10-14-32(3,4)43-9)45-31-30(42)29(41)25(20-37)44-31/h10,14,22-26,28-31,37-38,41-42H,1,11-13,15-20H2,2-9H3,(H,39,40)/b14-10+/t22?,23?,24?,25-,26?,28?,29-,30+,31-,33?,34?,35?,36?/m0/s1. The molecule has 0 aromatic carbocycles. The summed E-state index contributed by atoms with van der Waals surface area (Å²) in [6.07, 6.45) is 3.96. The van der Waals surface area contributed by atoms with Gasteiger partial charge < -0.3 is 39.7 Å². The summed E-state index contributed by atoms with van der Waals surface area (Å²) >= 11 is 0. The van der Waals surface area contributed by atoms with Gasteiger partial charge in [-0.3, -0.25) is 4.79 Å². The number of fused-ring (bicyclic) bond motifs is 3. The van der Waals surface area contributed by atoms with Crippen molar-refractivity contribution in [3.05, 3.63) is 24.3 Å². The summed E-state index contributed by atoms with van der Waals surface area (Å²) in [5, 5.41) is 53.0. The number of methoxy groups -OCH3 is 1. The Balaban J connectivity index is 1.73. The third-order valence-corrected chi connectivity index (χ3v) is 13.4. The maximum absolute atomic E-state index is 12.2. The molecule has 5 N–H and O–H groups in total. The van der Waals surface area contributed by atoms with Crippen LogP contribution in [0.25, 0.3) is 0 Å². The zero-order valence-electron chi connectivity index (χ0n) is 28.8. The van der Waals surface area contributed by atoms with Gasteiger partial charge in [-0.15, -0.1) is 0 Å². The highest BCUT2D eigenvalue weighted by Crippen LogP contribution is 2.74. The molecule has 0 bridgehead atoms. The van der Waals surface area contributed by atoms with E-state index in [9.17, 15) is 30.3 Å². The minimum Gasteiger partial charge on any atom is -0.481 e. The van der Waals surface area contributed by atoms with Crippen LogP contribution in [0, 0.1) is 39.9 Å². The van der Waals surface area contributed by atoms with Crippen LogP contribution >= 0.6 is 0 Å². The van der Waals surface area contributed by atoms with E-state index in [1.807, 2.05) is 32.9 Å². The molecule has 0 radical (unpaired) electrons. The number of aliphatic hydroxyl groups excluding tert-OH is 4. The molecule has 1 heterocycles. The fourth-order valence-electron chi connectivity index (χ4n) is 10.5. The molecule has 0 amide bonds. The number of hydrogen-bond acceptors (Lipinski definition) is 8. The molecule has 9 nitrogen and oxygen atoms in total. The van der Waals surface area contributed by atoms with Gasteiger partial charge in [0.1, 0.15) is 18.3 Å². The number of ether oxygens (including phenoxy) is 3. The largest absolute Gasteiger partial charge is 0.481 e. The van der Waals surface area contributed by atoms with Crippen LogP contribution in [0.4, 0.5) is 0 Å². The molecule has 3 saturated carbocycles. The van der Waals surface area contributed by atoms with Gasteiger partial charge in [0.25, 0.3) is 0 Å². The van der Waals surface area contributed by atoms with Crippen molar-refractivity contribution >= 4 is 5.97 Å². The summed E-state index contributed by atoms with van der Waals surface area (Å²) < 4.78 is 18.1. The van der Waals surface area contributed by atoms with E-state index in [2.05, 4.69) is 34.3 Å². The van der Waals surface area contributed by atoms with Crippen molar-refractivity contribution in [2.75, 3.05) is 13.7 Å². The van der Waals surface area contributed by atoms with Gasteiger partial charge in [-0.05, 0) is 113 Å². The van der Waals surface area contributed by atoms with Gasteiger partial charge >= 0.3 is 5.97 Å². The van der Waals surface area contributed by atoms with Crippen LogP contribution in [0.2, 0.25) is 0 Å². The molecular weight excluding hydrogens is 576 g/mol. The number of allylic oxidation sites excluding steroid dienone is 1. The number of carboxylic acid groups (broad SMARTS) is 1. The SMILES string of the molecule is C=C(C)C1CCC2(C)C(CC(O)C3C(C(C)(C/C=C/C(C)(C)OC)O[C@@H]4O[C@@H](CO)[C@H](O)[C@H]4O)CCC32C)C1(C)CCC(=O)O. The van der Waals surface area contributed by atoms with Crippen LogP contribution in [0.15, 0.2) is 24.3 Å². The second-order valence-electron chi connectivity index (χ2n) is 16.2. The van der Waals surface area contributed by atoms with Crippen LogP contribution in [0.1, 0.15) is 99.8 Å². The topological polar surface area (TPSA) is 146 Å². The van der Waals surface area contributed by atoms with E-state index >= 15 is 0 Å². The molecule has 1 aliphatic heterocycles. The Morgan fingerprint density at radius 2 is 1.71 bits per heavy atom. The first kappa shape index (κ1) is 36.5. The monoisotopic (exact) mass is 636 g/mol. The van der Waals surface area contributed by atoms with E-state index in [1.165, 1.54) is 0 Å². The first-order valence-corrected chi connectivity index (χ1v) is 16.9. The molecule has 4 fully saturated rings. The minimum absolute atomic E-state index is 0.0895. The van der Waals surface area contributed by atoms with Gasteiger partial charge in [-0.2, -0.15) is 0 Å². The van der Waals surface area contributed by atoms with Crippen molar-refractivity contribution < 1.29 is 44.5 Å². The quantitative estimate of drug-likeness (QED) is 0.190. The lowest BCUT2D eigenvalue weighted by atomic mass is 9.37. The Morgan fingerprint density at radius 3 is 2.27 bits per heavy atom. The van der Waals surface area contributed by atoms with Crippen molar-refractivity contribution in [3.8, 4) is 0 Å². The second kappa shape index (κ2) is 12.9. The van der Waals surface area contributed by atoms with Crippen molar-refractivity contribution in [2.45, 2.75) is 142 Å². The normalized spacial score (nSPS) is 44.8. The number of aliphatic carboxylic acids is 1. The summed E-state index contributed by atoms with van der Waals surface area (Å²) in [4.78, 5) is 11.8. The highest BCUT2D eigenvalue weighted by Gasteiger charge is 2.70. The molecule has 9 heteroatoms. The molecule has 0 spiro atoms. The van der Waals surface area contributed by atoms with Gasteiger partial charge in [0.05, 0.1) is 23.9 Å². The Morgan fingerprint density at radius 1 is 1.07 bits per heavy atom.